The Kier molecular flexibility index (Phi) is 8.68. The fourth-order valence-electron chi connectivity index (χ4n) is 4.42. The number of carbonyl (C=O) groups excluding carboxylic acids is 1. The van der Waals surface area contributed by atoms with Crippen LogP contribution in [0.4, 0.5) is 11.4 Å². The predicted octanol–water partition coefficient (Wildman–Crippen LogP) is 3.94. The normalized spacial score (nSPS) is 13.9. The van der Waals surface area contributed by atoms with Gasteiger partial charge in [0, 0.05) is 37.6 Å². The Balaban J connectivity index is 1.48. The first kappa shape index (κ1) is 24.0. The van der Waals surface area contributed by atoms with E-state index in [0.717, 1.165) is 48.8 Å². The average Bonchev–Trinajstić information content (AvgIpc) is 2.89. The van der Waals surface area contributed by atoms with E-state index in [1.54, 1.807) is 0 Å². The van der Waals surface area contributed by atoms with Crippen LogP contribution in [0.25, 0.3) is 0 Å². The summed E-state index contributed by atoms with van der Waals surface area (Å²) in [6, 6.07) is 28.3. The number of carbonyl (C=O) groups is 1. The van der Waals surface area contributed by atoms with E-state index >= 15 is 0 Å². The summed E-state index contributed by atoms with van der Waals surface area (Å²) < 4.78 is 5.43. The highest BCUT2D eigenvalue weighted by Gasteiger charge is 2.24. The molecule has 0 aromatic heterocycles. The van der Waals surface area contributed by atoms with Gasteiger partial charge in [0.2, 0.25) is 5.91 Å². The minimum atomic E-state index is -0.0802. The second-order valence-corrected chi connectivity index (χ2v) is 8.47. The molecule has 6 heteroatoms. The molecule has 4 rings (SSSR count). The number of nitrogens with one attached hydrogen (secondary N) is 1. The van der Waals surface area contributed by atoms with Crippen LogP contribution in [-0.2, 0) is 9.53 Å². The lowest BCUT2D eigenvalue weighted by Gasteiger charge is -2.32. The number of hydrogen-bond acceptors (Lipinski definition) is 5. The van der Waals surface area contributed by atoms with Gasteiger partial charge < -0.3 is 20.1 Å². The van der Waals surface area contributed by atoms with Gasteiger partial charge in [0.25, 0.3) is 0 Å². The molecule has 0 atom stereocenters. The number of amides is 1. The number of aliphatic hydroxyl groups excluding tert-OH is 1. The Bertz CT molecular complexity index is 967. The number of morpholine rings is 1. The quantitative estimate of drug-likeness (QED) is 0.481. The number of hydrogen-bond donors (Lipinski definition) is 2. The standard InChI is InChI=1S/C28H33N3O3/c32-19-7-16-31(28(23-8-3-1-4-9-23)24-10-5-2-6-11-24)22-27(33)29-25-12-14-26(15-13-25)30-17-20-34-21-18-30/h1-6,8-15,28,32H,7,16-22H2,(H,29,33). The topological polar surface area (TPSA) is 65.0 Å². The van der Waals surface area contributed by atoms with Crippen molar-refractivity contribution in [3.63, 3.8) is 0 Å². The summed E-state index contributed by atoms with van der Waals surface area (Å²) in [4.78, 5) is 17.5. The summed E-state index contributed by atoms with van der Waals surface area (Å²) in [6.45, 7) is 4.15. The molecule has 0 radical (unpaired) electrons. The molecule has 1 aliphatic heterocycles. The van der Waals surface area contributed by atoms with Crippen LogP contribution >= 0.6 is 0 Å². The monoisotopic (exact) mass is 459 g/mol. The zero-order chi connectivity index (χ0) is 23.6. The maximum atomic E-state index is 13.1. The van der Waals surface area contributed by atoms with Crippen molar-refractivity contribution in [3.05, 3.63) is 96.1 Å². The van der Waals surface area contributed by atoms with Gasteiger partial charge in [-0.15, -0.1) is 0 Å². The highest BCUT2D eigenvalue weighted by Crippen LogP contribution is 2.29. The third-order valence-electron chi connectivity index (χ3n) is 6.07. The van der Waals surface area contributed by atoms with E-state index in [4.69, 9.17) is 4.74 Å². The summed E-state index contributed by atoms with van der Waals surface area (Å²) in [5.74, 6) is -0.0751. The van der Waals surface area contributed by atoms with E-state index in [0.29, 0.717) is 13.0 Å². The van der Waals surface area contributed by atoms with Crippen LogP contribution in [0.2, 0.25) is 0 Å². The van der Waals surface area contributed by atoms with E-state index in [1.807, 2.05) is 60.7 Å². The number of nitrogens with zero attached hydrogens (tertiary/aromatic N) is 2. The fourth-order valence-corrected chi connectivity index (χ4v) is 4.42. The van der Waals surface area contributed by atoms with Crippen molar-refractivity contribution in [2.75, 3.05) is 56.2 Å². The molecule has 0 saturated carbocycles. The Labute approximate surface area is 201 Å². The Morgan fingerprint density at radius 2 is 1.50 bits per heavy atom. The van der Waals surface area contributed by atoms with Crippen molar-refractivity contribution in [1.29, 1.82) is 0 Å². The molecular formula is C28H33N3O3. The SMILES string of the molecule is O=C(CN(CCCO)C(c1ccccc1)c1ccccc1)Nc1ccc(N2CCOCC2)cc1. The van der Waals surface area contributed by atoms with Crippen molar-refractivity contribution in [3.8, 4) is 0 Å². The molecule has 1 amide bonds. The van der Waals surface area contributed by atoms with Gasteiger partial charge >= 0.3 is 0 Å². The smallest absolute Gasteiger partial charge is 0.238 e. The molecule has 1 fully saturated rings. The summed E-state index contributed by atoms with van der Waals surface area (Å²) >= 11 is 0. The van der Waals surface area contributed by atoms with Gasteiger partial charge in [0.15, 0.2) is 0 Å². The third-order valence-corrected chi connectivity index (χ3v) is 6.07. The number of aliphatic hydroxyl groups is 1. The summed E-state index contributed by atoms with van der Waals surface area (Å²) in [5, 5.41) is 12.6. The van der Waals surface area contributed by atoms with Crippen LogP contribution in [0.3, 0.4) is 0 Å². The minimum Gasteiger partial charge on any atom is -0.396 e. The van der Waals surface area contributed by atoms with Crippen molar-refractivity contribution in [2.24, 2.45) is 0 Å². The molecule has 1 saturated heterocycles. The fraction of sp³-hybridized carbons (Fsp3) is 0.321. The lowest BCUT2D eigenvalue weighted by molar-refractivity contribution is -0.117. The second kappa shape index (κ2) is 12.3. The minimum absolute atomic E-state index is 0.0751. The predicted molar refractivity (Wildman–Crippen MR) is 136 cm³/mol. The first-order valence-corrected chi connectivity index (χ1v) is 11.9. The molecule has 6 nitrogen and oxygen atoms in total. The third kappa shape index (κ3) is 6.44. The summed E-state index contributed by atoms with van der Waals surface area (Å²) in [6.07, 6.45) is 0.595. The molecule has 178 valence electrons. The maximum Gasteiger partial charge on any atom is 0.238 e. The van der Waals surface area contributed by atoms with Gasteiger partial charge in [-0.2, -0.15) is 0 Å². The van der Waals surface area contributed by atoms with Gasteiger partial charge in [0.1, 0.15) is 0 Å². The number of rotatable bonds is 10. The van der Waals surface area contributed by atoms with E-state index in [9.17, 15) is 9.90 Å². The van der Waals surface area contributed by atoms with Crippen LogP contribution in [0.15, 0.2) is 84.9 Å². The van der Waals surface area contributed by atoms with Gasteiger partial charge in [-0.25, -0.2) is 0 Å². The molecule has 1 aliphatic rings. The van der Waals surface area contributed by atoms with Gasteiger partial charge in [0.05, 0.1) is 25.8 Å². The van der Waals surface area contributed by atoms with Gasteiger partial charge in [-0.1, -0.05) is 60.7 Å². The lowest BCUT2D eigenvalue weighted by atomic mass is 9.96. The number of ether oxygens (including phenoxy) is 1. The Hall–Kier alpha value is -3.19. The second-order valence-electron chi connectivity index (χ2n) is 8.47. The van der Waals surface area contributed by atoms with Crippen LogP contribution in [0.5, 0.6) is 0 Å². The van der Waals surface area contributed by atoms with E-state index in [2.05, 4.69) is 39.4 Å². The molecule has 2 N–H and O–H groups in total. The van der Waals surface area contributed by atoms with Crippen molar-refractivity contribution < 1.29 is 14.6 Å². The van der Waals surface area contributed by atoms with Crippen LogP contribution in [-0.4, -0.2) is 61.9 Å². The van der Waals surface area contributed by atoms with Gasteiger partial charge in [-0.05, 0) is 41.8 Å². The molecule has 0 bridgehead atoms. The lowest BCUT2D eigenvalue weighted by Crippen LogP contribution is -2.38. The van der Waals surface area contributed by atoms with E-state index in [1.165, 1.54) is 0 Å². The molecule has 3 aromatic carbocycles. The van der Waals surface area contributed by atoms with E-state index in [-0.39, 0.29) is 25.1 Å². The molecular weight excluding hydrogens is 426 g/mol. The first-order chi connectivity index (χ1) is 16.7. The molecule has 0 unspecified atom stereocenters. The van der Waals surface area contributed by atoms with Crippen LogP contribution < -0.4 is 10.2 Å². The zero-order valence-corrected chi connectivity index (χ0v) is 19.5. The van der Waals surface area contributed by atoms with Crippen LogP contribution in [0.1, 0.15) is 23.6 Å². The Morgan fingerprint density at radius 3 is 2.06 bits per heavy atom. The van der Waals surface area contributed by atoms with Crippen molar-refractivity contribution in [1.82, 2.24) is 4.90 Å². The molecule has 0 spiro atoms. The Morgan fingerprint density at radius 1 is 0.912 bits per heavy atom. The number of anilines is 2. The molecule has 3 aromatic rings. The molecule has 0 aliphatic carbocycles. The molecule has 34 heavy (non-hydrogen) atoms. The highest BCUT2D eigenvalue weighted by molar-refractivity contribution is 5.92. The maximum absolute atomic E-state index is 13.1. The van der Waals surface area contributed by atoms with Crippen LogP contribution in [0, 0.1) is 0 Å². The first-order valence-electron chi connectivity index (χ1n) is 11.9. The van der Waals surface area contributed by atoms with Gasteiger partial charge in [-0.3, -0.25) is 9.69 Å². The largest absolute Gasteiger partial charge is 0.396 e. The summed E-state index contributed by atoms with van der Waals surface area (Å²) in [7, 11) is 0. The summed E-state index contributed by atoms with van der Waals surface area (Å²) in [5.41, 5.74) is 4.16. The van der Waals surface area contributed by atoms with Crippen molar-refractivity contribution in [2.45, 2.75) is 12.5 Å². The van der Waals surface area contributed by atoms with E-state index < -0.39 is 0 Å². The average molecular weight is 460 g/mol. The van der Waals surface area contributed by atoms with Crippen molar-refractivity contribution >= 4 is 17.3 Å². The highest BCUT2D eigenvalue weighted by atomic mass is 16.5. The number of benzene rings is 3. The zero-order valence-electron chi connectivity index (χ0n) is 19.5. The molecule has 1 heterocycles.